The highest BCUT2D eigenvalue weighted by Gasteiger charge is 2.27. The van der Waals surface area contributed by atoms with Gasteiger partial charge in [0.25, 0.3) is 0 Å². The number of ether oxygens (including phenoxy) is 1. The summed E-state index contributed by atoms with van der Waals surface area (Å²) in [4.78, 5) is 15.9. The molecule has 0 spiro atoms. The molecule has 1 aromatic heterocycles. The summed E-state index contributed by atoms with van der Waals surface area (Å²) in [6, 6.07) is 1.67. The summed E-state index contributed by atoms with van der Waals surface area (Å²) in [5.41, 5.74) is 5.51. The summed E-state index contributed by atoms with van der Waals surface area (Å²) < 4.78 is 5.01. The minimum Gasteiger partial charge on any atom is -0.495 e. The van der Waals surface area contributed by atoms with E-state index in [1.165, 1.54) is 6.20 Å². The standard InChI is InChI=1S/C11H16N2O2/c1-11(2,7-12)10(14)8-4-9(15-3)6-13-5-8/h4-6H,7,12H2,1-3H3. The topological polar surface area (TPSA) is 65.2 Å². The van der Waals surface area contributed by atoms with Gasteiger partial charge in [0.05, 0.1) is 13.3 Å². The molecule has 0 unspecified atom stereocenters. The summed E-state index contributed by atoms with van der Waals surface area (Å²) >= 11 is 0. The number of carbonyl (C=O) groups excluding carboxylic acids is 1. The summed E-state index contributed by atoms with van der Waals surface area (Å²) in [7, 11) is 1.54. The van der Waals surface area contributed by atoms with Gasteiger partial charge in [0.1, 0.15) is 5.75 Å². The molecular weight excluding hydrogens is 192 g/mol. The molecule has 0 fully saturated rings. The Balaban J connectivity index is 3.01. The molecule has 0 radical (unpaired) electrons. The number of hydrogen-bond donors (Lipinski definition) is 1. The molecule has 0 saturated carbocycles. The van der Waals surface area contributed by atoms with E-state index in [4.69, 9.17) is 10.5 Å². The van der Waals surface area contributed by atoms with Crippen LogP contribution < -0.4 is 10.5 Å². The second-order valence-corrected chi connectivity index (χ2v) is 4.03. The Bertz CT molecular complexity index is 361. The van der Waals surface area contributed by atoms with E-state index in [0.29, 0.717) is 17.9 Å². The molecule has 4 heteroatoms. The van der Waals surface area contributed by atoms with Gasteiger partial charge in [-0.05, 0) is 6.07 Å². The minimum atomic E-state index is -0.561. The van der Waals surface area contributed by atoms with Crippen molar-refractivity contribution in [1.29, 1.82) is 0 Å². The van der Waals surface area contributed by atoms with Gasteiger partial charge in [-0.1, -0.05) is 13.8 Å². The van der Waals surface area contributed by atoms with Crippen molar-refractivity contribution in [2.75, 3.05) is 13.7 Å². The molecule has 0 atom stereocenters. The number of pyridine rings is 1. The second kappa shape index (κ2) is 4.40. The zero-order valence-electron chi connectivity index (χ0n) is 9.28. The Morgan fingerprint density at radius 3 is 2.73 bits per heavy atom. The number of ketones is 1. The number of rotatable bonds is 4. The molecule has 82 valence electrons. The van der Waals surface area contributed by atoms with E-state index in [0.717, 1.165) is 0 Å². The lowest BCUT2D eigenvalue weighted by molar-refractivity contribution is 0.0847. The van der Waals surface area contributed by atoms with Crippen molar-refractivity contribution in [3.63, 3.8) is 0 Å². The lowest BCUT2D eigenvalue weighted by atomic mass is 9.85. The Labute approximate surface area is 89.5 Å². The monoisotopic (exact) mass is 208 g/mol. The molecule has 0 aliphatic rings. The lowest BCUT2D eigenvalue weighted by Crippen LogP contribution is -2.32. The van der Waals surface area contributed by atoms with Gasteiger partial charge in [0.2, 0.25) is 0 Å². The average molecular weight is 208 g/mol. The normalized spacial score (nSPS) is 11.2. The van der Waals surface area contributed by atoms with Gasteiger partial charge in [0, 0.05) is 23.7 Å². The van der Waals surface area contributed by atoms with Crippen molar-refractivity contribution in [3.8, 4) is 5.75 Å². The number of aromatic nitrogens is 1. The van der Waals surface area contributed by atoms with Crippen LogP contribution in [-0.2, 0) is 0 Å². The predicted octanol–water partition coefficient (Wildman–Crippen LogP) is 1.26. The first-order chi connectivity index (χ1) is 7.01. The van der Waals surface area contributed by atoms with E-state index in [2.05, 4.69) is 4.98 Å². The predicted molar refractivity (Wildman–Crippen MR) is 58.0 cm³/mol. The van der Waals surface area contributed by atoms with Crippen molar-refractivity contribution in [2.24, 2.45) is 11.1 Å². The highest BCUT2D eigenvalue weighted by atomic mass is 16.5. The van der Waals surface area contributed by atoms with Gasteiger partial charge < -0.3 is 10.5 Å². The zero-order valence-corrected chi connectivity index (χ0v) is 9.28. The highest BCUT2D eigenvalue weighted by molar-refractivity contribution is 6.00. The van der Waals surface area contributed by atoms with Crippen LogP contribution >= 0.6 is 0 Å². The maximum Gasteiger partial charge on any atom is 0.171 e. The Hall–Kier alpha value is -1.42. The van der Waals surface area contributed by atoms with Crippen molar-refractivity contribution in [2.45, 2.75) is 13.8 Å². The molecule has 0 aliphatic heterocycles. The van der Waals surface area contributed by atoms with Crippen molar-refractivity contribution >= 4 is 5.78 Å². The maximum atomic E-state index is 12.0. The molecule has 15 heavy (non-hydrogen) atoms. The third-order valence-electron chi connectivity index (χ3n) is 2.34. The highest BCUT2D eigenvalue weighted by Crippen LogP contribution is 2.21. The zero-order chi connectivity index (χ0) is 11.5. The molecular formula is C11H16N2O2. The van der Waals surface area contributed by atoms with Crippen LogP contribution in [0.3, 0.4) is 0 Å². The number of hydrogen-bond acceptors (Lipinski definition) is 4. The Morgan fingerprint density at radius 1 is 1.53 bits per heavy atom. The number of nitrogens with two attached hydrogens (primary N) is 1. The Morgan fingerprint density at radius 2 is 2.20 bits per heavy atom. The molecule has 1 rings (SSSR count). The van der Waals surface area contributed by atoms with Gasteiger partial charge in [-0.3, -0.25) is 9.78 Å². The average Bonchev–Trinajstić information content (AvgIpc) is 2.28. The molecule has 0 saturated heterocycles. The van der Waals surface area contributed by atoms with Crippen LogP contribution in [0.5, 0.6) is 5.75 Å². The summed E-state index contributed by atoms with van der Waals surface area (Å²) in [5, 5.41) is 0. The summed E-state index contributed by atoms with van der Waals surface area (Å²) in [5.74, 6) is 0.560. The molecule has 0 aliphatic carbocycles. The molecule has 1 aromatic rings. The van der Waals surface area contributed by atoms with Crippen LogP contribution in [0, 0.1) is 5.41 Å². The van der Waals surface area contributed by atoms with E-state index in [-0.39, 0.29) is 5.78 Å². The van der Waals surface area contributed by atoms with Gasteiger partial charge in [-0.15, -0.1) is 0 Å². The van der Waals surface area contributed by atoms with Crippen LogP contribution in [0.15, 0.2) is 18.5 Å². The smallest absolute Gasteiger partial charge is 0.171 e. The number of nitrogens with zero attached hydrogens (tertiary/aromatic N) is 1. The fourth-order valence-corrected chi connectivity index (χ4v) is 1.14. The molecule has 2 N–H and O–H groups in total. The van der Waals surface area contributed by atoms with E-state index < -0.39 is 5.41 Å². The van der Waals surface area contributed by atoms with Gasteiger partial charge >= 0.3 is 0 Å². The molecule has 0 bridgehead atoms. The largest absolute Gasteiger partial charge is 0.495 e. The first-order valence-electron chi connectivity index (χ1n) is 4.75. The van der Waals surface area contributed by atoms with Crippen molar-refractivity contribution in [3.05, 3.63) is 24.0 Å². The van der Waals surface area contributed by atoms with E-state index in [9.17, 15) is 4.79 Å². The molecule has 4 nitrogen and oxygen atoms in total. The van der Waals surface area contributed by atoms with Crippen LogP contribution in [0.1, 0.15) is 24.2 Å². The SMILES string of the molecule is COc1cncc(C(=O)C(C)(C)CN)c1. The third-order valence-corrected chi connectivity index (χ3v) is 2.34. The van der Waals surface area contributed by atoms with E-state index in [1.54, 1.807) is 19.4 Å². The van der Waals surface area contributed by atoms with E-state index >= 15 is 0 Å². The minimum absolute atomic E-state index is 0.0172. The molecule has 1 heterocycles. The summed E-state index contributed by atoms with van der Waals surface area (Å²) in [6.45, 7) is 3.94. The summed E-state index contributed by atoms with van der Waals surface area (Å²) in [6.07, 6.45) is 3.09. The number of carbonyl (C=O) groups is 1. The Kier molecular flexibility index (Phi) is 3.42. The molecule has 0 amide bonds. The third kappa shape index (κ3) is 2.53. The van der Waals surface area contributed by atoms with Crippen molar-refractivity contribution < 1.29 is 9.53 Å². The van der Waals surface area contributed by atoms with Crippen molar-refractivity contribution in [1.82, 2.24) is 4.98 Å². The van der Waals surface area contributed by atoms with Crippen LogP contribution in [-0.4, -0.2) is 24.4 Å². The maximum absolute atomic E-state index is 12.0. The fourth-order valence-electron chi connectivity index (χ4n) is 1.14. The van der Waals surface area contributed by atoms with Gasteiger partial charge in [-0.2, -0.15) is 0 Å². The van der Waals surface area contributed by atoms with Crippen LogP contribution in [0.25, 0.3) is 0 Å². The first-order valence-corrected chi connectivity index (χ1v) is 4.75. The van der Waals surface area contributed by atoms with Gasteiger partial charge in [0.15, 0.2) is 5.78 Å². The number of Topliss-reactive ketones (excluding diaryl/α,β-unsaturated/α-hetero) is 1. The van der Waals surface area contributed by atoms with Crippen LogP contribution in [0.4, 0.5) is 0 Å². The quantitative estimate of drug-likeness (QED) is 0.756. The van der Waals surface area contributed by atoms with Crippen LogP contribution in [0.2, 0.25) is 0 Å². The fraction of sp³-hybridized carbons (Fsp3) is 0.455. The number of methoxy groups -OCH3 is 1. The van der Waals surface area contributed by atoms with E-state index in [1.807, 2.05) is 13.8 Å². The van der Waals surface area contributed by atoms with Gasteiger partial charge in [-0.25, -0.2) is 0 Å². The second-order valence-electron chi connectivity index (χ2n) is 4.03. The first kappa shape index (κ1) is 11.7. The lowest BCUT2D eigenvalue weighted by Gasteiger charge is -2.20. The molecule has 0 aromatic carbocycles.